The summed E-state index contributed by atoms with van der Waals surface area (Å²) in [5.41, 5.74) is 3.67. The summed E-state index contributed by atoms with van der Waals surface area (Å²) in [5.74, 6) is -2.90. The normalized spacial score (nSPS) is 12.3. The molecule has 2 amide bonds. The van der Waals surface area contributed by atoms with Gasteiger partial charge in [0, 0.05) is 57.3 Å². The maximum Gasteiger partial charge on any atom is 0.331 e. The molecule has 3 rings (SSSR count). The molecule has 2 atom stereocenters. The van der Waals surface area contributed by atoms with Crippen molar-refractivity contribution in [3.8, 4) is 0 Å². The smallest absolute Gasteiger partial charge is 0.331 e. The van der Waals surface area contributed by atoms with E-state index in [0.717, 1.165) is 31.0 Å². The third-order valence-corrected chi connectivity index (χ3v) is 8.87. The van der Waals surface area contributed by atoms with E-state index in [4.69, 9.17) is 14.5 Å². The van der Waals surface area contributed by atoms with Gasteiger partial charge in [-0.05, 0) is 64.6 Å². The Morgan fingerprint density at radius 2 is 1.02 bits per heavy atom. The van der Waals surface area contributed by atoms with E-state index in [1.807, 2.05) is 61.0 Å². The fraction of sp³-hybridized carbons (Fsp3) is 0.297. The van der Waals surface area contributed by atoms with E-state index in [-0.39, 0.29) is 12.8 Å². The first-order valence-electron chi connectivity index (χ1n) is 15.5. The first kappa shape index (κ1) is 39.6. The highest BCUT2D eigenvalue weighted by Gasteiger charge is 2.30. The molecule has 3 aromatic rings. The van der Waals surface area contributed by atoms with Crippen molar-refractivity contribution in [3.63, 3.8) is 0 Å². The van der Waals surface area contributed by atoms with Crippen LogP contribution in [-0.4, -0.2) is 58.1 Å². The van der Waals surface area contributed by atoms with E-state index >= 15 is 0 Å². The third-order valence-electron chi connectivity index (χ3n) is 7.38. The number of oxime groups is 1. The number of carbonyl (C=O) groups is 5. The van der Waals surface area contributed by atoms with Gasteiger partial charge in [-0.2, -0.15) is 10.1 Å². The summed E-state index contributed by atoms with van der Waals surface area (Å²) in [5, 5.41) is 6.18. The topological polar surface area (TPSA) is 132 Å². The maximum absolute atomic E-state index is 12.7. The molecule has 0 saturated heterocycles. The van der Waals surface area contributed by atoms with Gasteiger partial charge in [0.05, 0.1) is 11.8 Å². The molecule has 0 aliphatic rings. The molecule has 11 nitrogen and oxygen atoms in total. The Balaban J connectivity index is 2.00. The zero-order valence-corrected chi connectivity index (χ0v) is 30.8. The fourth-order valence-corrected chi connectivity index (χ4v) is 5.87. The Kier molecular flexibility index (Phi) is 14.8. The lowest BCUT2D eigenvalue weighted by molar-refractivity contribution is -0.205. The predicted molar refractivity (Wildman–Crippen MR) is 194 cm³/mol. The summed E-state index contributed by atoms with van der Waals surface area (Å²) >= 11 is 3.13. The van der Waals surface area contributed by atoms with Crippen LogP contribution in [0.5, 0.6) is 0 Å². The van der Waals surface area contributed by atoms with Crippen LogP contribution in [0.1, 0.15) is 81.8 Å². The van der Waals surface area contributed by atoms with Crippen LogP contribution in [0.2, 0.25) is 0 Å². The van der Waals surface area contributed by atoms with Crippen molar-refractivity contribution in [2.24, 2.45) is 5.16 Å². The summed E-state index contributed by atoms with van der Waals surface area (Å²) in [7, 11) is 0. The molecule has 13 heteroatoms. The summed E-state index contributed by atoms with van der Waals surface area (Å²) in [6, 6.07) is 20.7. The molecule has 0 radical (unpaired) electrons. The lowest BCUT2D eigenvalue weighted by atomic mass is 9.93. The van der Waals surface area contributed by atoms with Crippen molar-refractivity contribution in [2.45, 2.75) is 69.3 Å². The molecule has 0 aliphatic heterocycles. The predicted octanol–water partition coefficient (Wildman–Crippen LogP) is 7.33. The van der Waals surface area contributed by atoms with Gasteiger partial charge < -0.3 is 14.5 Å². The van der Waals surface area contributed by atoms with Crippen LogP contribution in [-0.2, 0) is 38.5 Å². The number of amides is 2. The Morgan fingerprint density at radius 3 is 1.38 bits per heavy atom. The molecule has 0 N–H and O–H groups in total. The van der Waals surface area contributed by atoms with Crippen LogP contribution in [0.4, 0.5) is 0 Å². The van der Waals surface area contributed by atoms with Gasteiger partial charge in [0.15, 0.2) is 0 Å². The number of carbonyl (C=O) groups excluding carboxylic acids is 5. The van der Waals surface area contributed by atoms with Crippen LogP contribution in [0.25, 0.3) is 5.57 Å². The van der Waals surface area contributed by atoms with Gasteiger partial charge in [-0.1, -0.05) is 60.3 Å². The SMILES string of the molecule is C=C(CC(c1ccc(SC)cc1)N(OC(C)=O)C(C)=O)c1ccc(/C(CC(c2ccc(SC)cc2)N(OC(C)=O)C(C)=O)=N/OC(C)=O)cc1. The molecule has 0 fully saturated rings. The second kappa shape index (κ2) is 18.8. The molecular weight excluding hydrogens is 679 g/mol. The minimum Gasteiger partial charge on any atom is -0.338 e. The number of hydrogen-bond donors (Lipinski definition) is 0. The molecule has 3 aromatic carbocycles. The van der Waals surface area contributed by atoms with Gasteiger partial charge in [-0.25, -0.2) is 4.79 Å². The fourth-order valence-electron chi connectivity index (χ4n) is 5.06. The first-order valence-corrected chi connectivity index (χ1v) is 18.0. The first-order chi connectivity index (χ1) is 23.7. The zero-order valence-electron chi connectivity index (χ0n) is 29.1. The molecule has 264 valence electrons. The summed E-state index contributed by atoms with van der Waals surface area (Å²) in [4.78, 5) is 79.0. The molecule has 0 heterocycles. The minimum absolute atomic E-state index is 0.0170. The lowest BCUT2D eigenvalue weighted by Crippen LogP contribution is -2.36. The van der Waals surface area contributed by atoms with Gasteiger partial charge in [-0.15, -0.1) is 23.5 Å². The van der Waals surface area contributed by atoms with Crippen molar-refractivity contribution in [1.29, 1.82) is 0 Å². The molecule has 0 aromatic heterocycles. The van der Waals surface area contributed by atoms with Crippen LogP contribution in [0.15, 0.2) is 94.3 Å². The molecular formula is C37H41N3O8S2. The molecule has 0 saturated carbocycles. The number of benzene rings is 3. The van der Waals surface area contributed by atoms with E-state index in [9.17, 15) is 24.0 Å². The van der Waals surface area contributed by atoms with Gasteiger partial charge in [0.1, 0.15) is 6.04 Å². The molecule has 50 heavy (non-hydrogen) atoms. The van der Waals surface area contributed by atoms with Crippen LogP contribution in [0, 0.1) is 0 Å². The van der Waals surface area contributed by atoms with Gasteiger partial charge in [0.2, 0.25) is 0 Å². The van der Waals surface area contributed by atoms with Crippen molar-refractivity contribution >= 4 is 64.5 Å². The van der Waals surface area contributed by atoms with Crippen molar-refractivity contribution in [3.05, 3.63) is 102 Å². The number of thioether (sulfide) groups is 2. The van der Waals surface area contributed by atoms with Crippen LogP contribution >= 0.6 is 23.5 Å². The van der Waals surface area contributed by atoms with Crippen molar-refractivity contribution in [1.82, 2.24) is 10.1 Å². The van der Waals surface area contributed by atoms with E-state index < -0.39 is 41.8 Å². The lowest BCUT2D eigenvalue weighted by Gasteiger charge is -2.30. The monoisotopic (exact) mass is 719 g/mol. The molecule has 0 aliphatic carbocycles. The number of hydrogen-bond acceptors (Lipinski definition) is 11. The Bertz CT molecular complexity index is 1720. The van der Waals surface area contributed by atoms with E-state index in [1.54, 1.807) is 47.8 Å². The zero-order chi connectivity index (χ0) is 37.0. The average molecular weight is 720 g/mol. The highest BCUT2D eigenvalue weighted by Crippen LogP contribution is 2.34. The number of nitrogens with zero attached hydrogens (tertiary/aromatic N) is 3. The summed E-state index contributed by atoms with van der Waals surface area (Å²) < 4.78 is 0. The summed E-state index contributed by atoms with van der Waals surface area (Å²) in [6.07, 6.45) is 4.16. The standard InChI is InChI=1S/C37H41N3O8S2/c1-23(21-36(39(24(2)41)47-27(5)44)31-13-17-33(49-7)18-14-31)29-9-11-30(12-10-29)35(38-46-26(4)43)22-37(40(25(3)42)48-28(6)45)32-15-19-34(50-8)20-16-32/h9-20,36-37H,1,21-22H2,2-8H3/b38-35+. The molecule has 0 spiro atoms. The molecule has 2 unspecified atom stereocenters. The molecule has 0 bridgehead atoms. The van der Waals surface area contributed by atoms with Crippen LogP contribution in [0.3, 0.4) is 0 Å². The van der Waals surface area contributed by atoms with Crippen molar-refractivity contribution in [2.75, 3.05) is 12.5 Å². The Labute approximate surface area is 300 Å². The Hall–Kier alpha value is -4.88. The third kappa shape index (κ3) is 11.3. The second-order valence-corrected chi connectivity index (χ2v) is 12.9. The largest absolute Gasteiger partial charge is 0.338 e. The van der Waals surface area contributed by atoms with Crippen LogP contribution < -0.4 is 0 Å². The minimum atomic E-state index is -0.812. The highest BCUT2D eigenvalue weighted by molar-refractivity contribution is 7.98. The van der Waals surface area contributed by atoms with E-state index in [2.05, 4.69) is 11.7 Å². The van der Waals surface area contributed by atoms with Gasteiger partial charge >= 0.3 is 17.9 Å². The van der Waals surface area contributed by atoms with E-state index in [0.29, 0.717) is 22.4 Å². The maximum atomic E-state index is 12.7. The Morgan fingerprint density at radius 1 is 0.620 bits per heavy atom. The van der Waals surface area contributed by atoms with Gasteiger partial charge in [-0.3, -0.25) is 19.2 Å². The van der Waals surface area contributed by atoms with Gasteiger partial charge in [0.25, 0.3) is 11.8 Å². The van der Waals surface area contributed by atoms with Crippen molar-refractivity contribution < 1.29 is 38.5 Å². The summed E-state index contributed by atoms with van der Waals surface area (Å²) in [6.45, 7) is 10.5. The average Bonchev–Trinajstić information content (AvgIpc) is 3.08. The highest BCUT2D eigenvalue weighted by atomic mass is 32.2. The number of rotatable bonds is 13. The number of hydroxylamine groups is 4. The quantitative estimate of drug-likeness (QED) is 0.0766. The second-order valence-electron chi connectivity index (χ2n) is 11.1. The van der Waals surface area contributed by atoms with E-state index in [1.165, 1.54) is 34.6 Å².